The Labute approximate surface area is 108 Å². The van der Waals surface area contributed by atoms with Crippen molar-refractivity contribution in [2.75, 3.05) is 0 Å². The van der Waals surface area contributed by atoms with Crippen LogP contribution in [0.15, 0.2) is 23.4 Å². The number of aryl methyl sites for hydroxylation is 3. The Bertz CT molecular complexity index is 624. The molecule has 0 amide bonds. The fourth-order valence-electron chi connectivity index (χ4n) is 1.75. The number of carbonyl (C=O) groups is 1. The molecule has 102 valence electrons. The minimum atomic E-state index is -1.11. The number of nitrogens with zero attached hydrogens (tertiary/aromatic N) is 5. The topological polar surface area (TPSA) is 94.9 Å². The summed E-state index contributed by atoms with van der Waals surface area (Å²) in [6, 6.07) is 0. The number of aromatic nitrogens is 5. The molecule has 0 fully saturated rings. The van der Waals surface area contributed by atoms with Gasteiger partial charge >= 0.3 is 11.7 Å². The Morgan fingerprint density at radius 2 is 1.95 bits per heavy atom. The van der Waals surface area contributed by atoms with Crippen molar-refractivity contribution in [1.82, 2.24) is 24.1 Å². The summed E-state index contributed by atoms with van der Waals surface area (Å²) in [6.07, 6.45) is 5.70. The van der Waals surface area contributed by atoms with E-state index in [1.54, 1.807) is 21.5 Å². The highest BCUT2D eigenvalue weighted by Crippen LogP contribution is 1.94. The normalized spacial score (nSPS) is 10.8. The number of aromatic carboxylic acids is 1. The number of carboxylic acid groups (broad SMARTS) is 1. The van der Waals surface area contributed by atoms with Crippen LogP contribution in [0, 0.1) is 0 Å². The van der Waals surface area contributed by atoms with Crippen LogP contribution in [0.1, 0.15) is 23.8 Å². The number of imidazole rings is 1. The summed E-state index contributed by atoms with van der Waals surface area (Å²) in [7, 11) is 0. The summed E-state index contributed by atoms with van der Waals surface area (Å²) in [5.74, 6) is -1.11. The average Bonchev–Trinajstić information content (AvgIpc) is 2.97. The molecule has 0 aliphatic heterocycles. The second kappa shape index (κ2) is 5.51. The van der Waals surface area contributed by atoms with E-state index in [9.17, 15) is 9.59 Å². The van der Waals surface area contributed by atoms with Gasteiger partial charge in [0.1, 0.15) is 0 Å². The zero-order valence-corrected chi connectivity index (χ0v) is 10.6. The largest absolute Gasteiger partial charge is 0.476 e. The molecule has 2 heterocycles. The van der Waals surface area contributed by atoms with E-state index in [2.05, 4.69) is 10.3 Å². The van der Waals surface area contributed by atoms with Crippen molar-refractivity contribution in [2.45, 2.75) is 33.0 Å². The second-order valence-corrected chi connectivity index (χ2v) is 4.14. The summed E-state index contributed by atoms with van der Waals surface area (Å²) in [5, 5.41) is 15.9. The lowest BCUT2D eigenvalue weighted by molar-refractivity contribution is 0.0690. The predicted octanol–water partition coefficient (Wildman–Crippen LogP) is 0.0497. The molecule has 0 aromatic carbocycles. The number of rotatable bonds is 6. The van der Waals surface area contributed by atoms with Crippen LogP contribution in [0.3, 0.4) is 0 Å². The molecular weight excluding hydrogens is 250 g/mol. The lowest BCUT2D eigenvalue weighted by Crippen LogP contribution is -2.25. The third-order valence-corrected chi connectivity index (χ3v) is 2.71. The first-order valence-electron chi connectivity index (χ1n) is 6.01. The first-order chi connectivity index (χ1) is 9.11. The van der Waals surface area contributed by atoms with E-state index < -0.39 is 5.97 Å². The van der Waals surface area contributed by atoms with Crippen LogP contribution >= 0.6 is 0 Å². The molecule has 0 aliphatic carbocycles. The smallest absolute Gasteiger partial charge is 0.358 e. The molecule has 0 saturated carbocycles. The highest BCUT2D eigenvalue weighted by molar-refractivity contribution is 5.84. The third-order valence-electron chi connectivity index (χ3n) is 2.71. The molecule has 2 rings (SSSR count). The van der Waals surface area contributed by atoms with E-state index in [1.165, 1.54) is 10.9 Å². The summed E-state index contributed by atoms with van der Waals surface area (Å²) in [6.45, 7) is 3.53. The van der Waals surface area contributed by atoms with E-state index in [1.807, 2.05) is 6.92 Å². The summed E-state index contributed by atoms with van der Waals surface area (Å²) < 4.78 is 4.62. The lowest BCUT2D eigenvalue weighted by Gasteiger charge is -2.01. The fraction of sp³-hybridized carbons (Fsp3) is 0.455. The Kier molecular flexibility index (Phi) is 3.79. The van der Waals surface area contributed by atoms with Gasteiger partial charge in [-0.05, 0) is 6.42 Å². The lowest BCUT2D eigenvalue weighted by atomic mass is 10.5. The molecule has 0 aliphatic rings. The molecule has 0 saturated heterocycles. The third kappa shape index (κ3) is 2.90. The predicted molar refractivity (Wildman–Crippen MR) is 66.0 cm³/mol. The van der Waals surface area contributed by atoms with Crippen LogP contribution in [0.25, 0.3) is 0 Å². The highest BCUT2D eigenvalue weighted by Gasteiger charge is 2.08. The second-order valence-electron chi connectivity index (χ2n) is 4.14. The van der Waals surface area contributed by atoms with Gasteiger partial charge < -0.3 is 5.11 Å². The van der Waals surface area contributed by atoms with Crippen LogP contribution in [-0.4, -0.2) is 35.2 Å². The van der Waals surface area contributed by atoms with Crippen LogP contribution in [0.4, 0.5) is 0 Å². The molecule has 0 radical (unpaired) electrons. The highest BCUT2D eigenvalue weighted by atomic mass is 16.4. The maximum atomic E-state index is 11.9. The molecule has 19 heavy (non-hydrogen) atoms. The van der Waals surface area contributed by atoms with E-state index >= 15 is 0 Å². The van der Waals surface area contributed by atoms with Crippen molar-refractivity contribution in [3.05, 3.63) is 34.8 Å². The molecule has 0 spiro atoms. The van der Waals surface area contributed by atoms with Crippen molar-refractivity contribution < 1.29 is 9.90 Å². The maximum absolute atomic E-state index is 11.9. The van der Waals surface area contributed by atoms with E-state index in [0.717, 1.165) is 6.42 Å². The van der Waals surface area contributed by atoms with Gasteiger partial charge in [0.2, 0.25) is 0 Å². The van der Waals surface area contributed by atoms with Crippen molar-refractivity contribution >= 4 is 5.97 Å². The quantitative estimate of drug-likeness (QED) is 0.796. The maximum Gasteiger partial charge on any atom is 0.358 e. The Hall–Kier alpha value is -2.38. The molecule has 2 aromatic rings. The van der Waals surface area contributed by atoms with E-state index in [4.69, 9.17) is 5.11 Å². The monoisotopic (exact) mass is 265 g/mol. The minimum Gasteiger partial charge on any atom is -0.476 e. The Morgan fingerprint density at radius 3 is 2.53 bits per heavy atom. The average molecular weight is 265 g/mol. The van der Waals surface area contributed by atoms with E-state index in [0.29, 0.717) is 19.6 Å². The zero-order valence-electron chi connectivity index (χ0n) is 10.6. The fourth-order valence-corrected chi connectivity index (χ4v) is 1.75. The van der Waals surface area contributed by atoms with Gasteiger partial charge in [-0.15, -0.1) is 5.10 Å². The van der Waals surface area contributed by atoms with Gasteiger partial charge in [0.25, 0.3) is 0 Å². The Balaban J connectivity index is 2.02. The number of carboxylic acids is 1. The minimum absolute atomic E-state index is 0.0691. The first-order valence-corrected chi connectivity index (χ1v) is 6.01. The van der Waals surface area contributed by atoms with Gasteiger partial charge in [-0.3, -0.25) is 9.13 Å². The van der Waals surface area contributed by atoms with Crippen molar-refractivity contribution in [3.8, 4) is 0 Å². The summed E-state index contributed by atoms with van der Waals surface area (Å²) >= 11 is 0. The summed E-state index contributed by atoms with van der Waals surface area (Å²) in [4.78, 5) is 22.5. The van der Waals surface area contributed by atoms with Gasteiger partial charge in [0.05, 0.1) is 12.7 Å². The van der Waals surface area contributed by atoms with E-state index in [-0.39, 0.29) is 11.4 Å². The molecular formula is C11H15N5O3. The molecule has 0 bridgehead atoms. The van der Waals surface area contributed by atoms with Gasteiger partial charge in [-0.2, -0.15) is 0 Å². The molecule has 8 heteroatoms. The van der Waals surface area contributed by atoms with Gasteiger partial charge in [0.15, 0.2) is 5.69 Å². The van der Waals surface area contributed by atoms with Crippen LogP contribution in [0.5, 0.6) is 0 Å². The molecule has 2 aromatic heterocycles. The van der Waals surface area contributed by atoms with Crippen molar-refractivity contribution in [2.24, 2.45) is 0 Å². The standard InChI is InChI=1S/C11H15N5O3/c1-2-3-14-4-5-15(11(14)19)6-7-16-8-9(10(17)18)12-13-16/h4-5,8H,2-3,6-7H2,1H3,(H,17,18). The number of hydrogen-bond donors (Lipinski definition) is 1. The van der Waals surface area contributed by atoms with Crippen LogP contribution < -0.4 is 5.69 Å². The zero-order chi connectivity index (χ0) is 13.8. The van der Waals surface area contributed by atoms with Crippen LogP contribution in [0.2, 0.25) is 0 Å². The van der Waals surface area contributed by atoms with Crippen molar-refractivity contribution in [3.63, 3.8) is 0 Å². The Morgan fingerprint density at radius 1 is 1.26 bits per heavy atom. The van der Waals surface area contributed by atoms with Crippen molar-refractivity contribution in [1.29, 1.82) is 0 Å². The van der Waals surface area contributed by atoms with Crippen LogP contribution in [-0.2, 0) is 19.6 Å². The summed E-state index contributed by atoms with van der Waals surface area (Å²) in [5.41, 5.74) is -0.170. The molecule has 1 N–H and O–H groups in total. The van der Waals surface area contributed by atoms with Gasteiger partial charge in [-0.1, -0.05) is 12.1 Å². The SMILES string of the molecule is CCCn1ccn(CCn2cc(C(=O)O)nn2)c1=O. The number of hydrogen-bond acceptors (Lipinski definition) is 4. The first kappa shape index (κ1) is 13.1. The molecule has 8 nitrogen and oxygen atoms in total. The molecule has 0 atom stereocenters. The van der Waals surface area contributed by atoms with Gasteiger partial charge in [-0.25, -0.2) is 14.3 Å². The molecule has 0 unspecified atom stereocenters. The van der Waals surface area contributed by atoms with Gasteiger partial charge in [0, 0.05) is 25.5 Å².